The van der Waals surface area contributed by atoms with Crippen LogP contribution in [0.4, 0.5) is 0 Å². The van der Waals surface area contributed by atoms with Crippen molar-refractivity contribution in [1.82, 2.24) is 5.01 Å². The van der Waals surface area contributed by atoms with Gasteiger partial charge in [-0.2, -0.15) is 5.10 Å². The second-order valence-corrected chi connectivity index (χ2v) is 6.41. The molecular formula is C16H17N3O2S2. The second-order valence-electron chi connectivity index (χ2n) is 5.04. The Kier molecular flexibility index (Phi) is 4.49. The molecule has 0 saturated carbocycles. The fraction of sp³-hybridized carbons (Fsp3) is 0.250. The van der Waals surface area contributed by atoms with Crippen molar-refractivity contribution in [3.8, 4) is 11.5 Å². The monoisotopic (exact) mass is 347 g/mol. The Bertz CT molecular complexity index is 744. The van der Waals surface area contributed by atoms with Crippen LogP contribution in [0.3, 0.4) is 0 Å². The van der Waals surface area contributed by atoms with Crippen LogP contribution in [0.2, 0.25) is 0 Å². The van der Waals surface area contributed by atoms with Crippen molar-refractivity contribution >= 4 is 34.4 Å². The van der Waals surface area contributed by atoms with Crippen molar-refractivity contribution in [1.29, 1.82) is 0 Å². The van der Waals surface area contributed by atoms with Gasteiger partial charge in [0.2, 0.25) is 0 Å². The summed E-state index contributed by atoms with van der Waals surface area (Å²) in [4.78, 5) is 1.13. The predicted octanol–water partition coefficient (Wildman–Crippen LogP) is 3.16. The van der Waals surface area contributed by atoms with E-state index in [9.17, 15) is 0 Å². The van der Waals surface area contributed by atoms with Crippen molar-refractivity contribution in [3.63, 3.8) is 0 Å². The summed E-state index contributed by atoms with van der Waals surface area (Å²) in [6.07, 6.45) is 0.743. The highest BCUT2D eigenvalue weighted by atomic mass is 32.1. The third-order valence-corrected chi connectivity index (χ3v) is 4.84. The normalized spacial score (nSPS) is 17.0. The Morgan fingerprint density at radius 3 is 2.70 bits per heavy atom. The van der Waals surface area contributed by atoms with Crippen LogP contribution in [0.25, 0.3) is 0 Å². The third kappa shape index (κ3) is 3.02. The molecule has 1 aromatic heterocycles. The Labute approximate surface area is 144 Å². The quantitative estimate of drug-likeness (QED) is 0.861. The van der Waals surface area contributed by atoms with Gasteiger partial charge in [-0.25, -0.2) is 5.01 Å². The lowest BCUT2D eigenvalue weighted by atomic mass is 10.0. The fourth-order valence-electron chi connectivity index (χ4n) is 2.62. The first kappa shape index (κ1) is 15.8. The number of thiocarbonyl (C=S) groups is 1. The molecule has 5 nitrogen and oxygen atoms in total. The number of hydrazone groups is 1. The Morgan fingerprint density at radius 1 is 1.30 bits per heavy atom. The number of nitrogens with two attached hydrogens (primary N) is 1. The third-order valence-electron chi connectivity index (χ3n) is 3.73. The van der Waals surface area contributed by atoms with Gasteiger partial charge in [-0.15, -0.1) is 11.3 Å². The summed E-state index contributed by atoms with van der Waals surface area (Å²) in [6, 6.07) is 9.85. The number of methoxy groups -OCH3 is 2. The van der Waals surface area contributed by atoms with E-state index in [0.717, 1.165) is 22.6 Å². The summed E-state index contributed by atoms with van der Waals surface area (Å²) in [5.74, 6) is 1.37. The highest BCUT2D eigenvalue weighted by Gasteiger charge is 2.31. The van der Waals surface area contributed by atoms with Crippen LogP contribution in [0.15, 0.2) is 40.8 Å². The summed E-state index contributed by atoms with van der Waals surface area (Å²) in [5, 5.41) is 8.60. The van der Waals surface area contributed by atoms with E-state index in [2.05, 4.69) is 11.2 Å². The lowest BCUT2D eigenvalue weighted by molar-refractivity contribution is 0.347. The molecule has 0 unspecified atom stereocenters. The zero-order chi connectivity index (χ0) is 16.4. The maximum absolute atomic E-state index is 5.87. The number of nitrogens with zero attached hydrogens (tertiary/aromatic N) is 2. The second kappa shape index (κ2) is 6.55. The molecular weight excluding hydrogens is 330 g/mol. The number of benzene rings is 1. The highest BCUT2D eigenvalue weighted by molar-refractivity contribution is 7.80. The molecule has 7 heteroatoms. The van der Waals surface area contributed by atoms with Crippen LogP contribution in [-0.4, -0.2) is 30.1 Å². The molecule has 1 atom stereocenters. The molecule has 2 N–H and O–H groups in total. The van der Waals surface area contributed by atoms with E-state index >= 15 is 0 Å². The van der Waals surface area contributed by atoms with Crippen molar-refractivity contribution in [2.45, 2.75) is 12.5 Å². The van der Waals surface area contributed by atoms with Gasteiger partial charge in [0.05, 0.1) is 30.9 Å². The molecule has 0 bridgehead atoms. The summed E-state index contributed by atoms with van der Waals surface area (Å²) in [5.41, 5.74) is 7.89. The molecule has 0 fully saturated rings. The molecule has 0 saturated heterocycles. The lowest BCUT2D eigenvalue weighted by Gasteiger charge is -2.22. The SMILES string of the molecule is COc1ccc([C@H]2CC(c3cccs3)=NN2C(N)=S)cc1OC. The summed E-state index contributed by atoms with van der Waals surface area (Å²) >= 11 is 6.83. The van der Waals surface area contributed by atoms with Gasteiger partial charge in [-0.1, -0.05) is 12.1 Å². The molecule has 3 rings (SSSR count). The molecule has 1 aliphatic heterocycles. The molecule has 2 aromatic rings. The van der Waals surface area contributed by atoms with Crippen LogP contribution in [-0.2, 0) is 0 Å². The van der Waals surface area contributed by atoms with Crippen LogP contribution >= 0.6 is 23.6 Å². The summed E-state index contributed by atoms with van der Waals surface area (Å²) in [7, 11) is 3.24. The van der Waals surface area contributed by atoms with Gasteiger partial charge in [0.1, 0.15) is 0 Å². The number of hydrogen-bond donors (Lipinski definition) is 1. The van der Waals surface area contributed by atoms with E-state index in [1.54, 1.807) is 30.6 Å². The van der Waals surface area contributed by atoms with E-state index < -0.39 is 0 Å². The van der Waals surface area contributed by atoms with E-state index in [1.165, 1.54) is 0 Å². The van der Waals surface area contributed by atoms with Crippen LogP contribution in [0, 0.1) is 0 Å². The predicted molar refractivity (Wildman–Crippen MR) is 96.4 cm³/mol. The largest absolute Gasteiger partial charge is 0.493 e. The number of hydrogen-bond acceptors (Lipinski definition) is 5. The Morgan fingerprint density at radius 2 is 2.09 bits per heavy atom. The van der Waals surface area contributed by atoms with Gasteiger partial charge in [-0.3, -0.25) is 0 Å². The highest BCUT2D eigenvalue weighted by Crippen LogP contribution is 2.37. The van der Waals surface area contributed by atoms with Crippen molar-refractivity contribution in [2.75, 3.05) is 14.2 Å². The maximum Gasteiger partial charge on any atom is 0.187 e. The smallest absolute Gasteiger partial charge is 0.187 e. The Hall–Kier alpha value is -2.12. The number of rotatable bonds is 4. The van der Waals surface area contributed by atoms with Gasteiger partial charge in [0.15, 0.2) is 16.6 Å². The van der Waals surface area contributed by atoms with Crippen molar-refractivity contribution < 1.29 is 9.47 Å². The molecule has 0 aliphatic carbocycles. The van der Waals surface area contributed by atoms with Crippen LogP contribution < -0.4 is 15.2 Å². The standard InChI is InChI=1S/C16H17N3O2S2/c1-20-13-6-5-10(8-14(13)21-2)12-9-11(15-4-3-7-23-15)18-19(12)16(17)22/h3-8,12H,9H2,1-2H3,(H2,17,22)/t12-/m1/s1. The number of thiophene rings is 1. The topological polar surface area (TPSA) is 60.1 Å². The van der Waals surface area contributed by atoms with Crippen molar-refractivity contribution in [2.24, 2.45) is 10.8 Å². The summed E-state index contributed by atoms with van der Waals surface area (Å²) < 4.78 is 10.7. The molecule has 0 spiro atoms. The molecule has 0 radical (unpaired) electrons. The van der Waals surface area contributed by atoms with Crippen molar-refractivity contribution in [3.05, 3.63) is 46.2 Å². The van der Waals surface area contributed by atoms with E-state index in [1.807, 2.05) is 29.6 Å². The van der Waals surface area contributed by atoms with E-state index in [0.29, 0.717) is 11.5 Å². The molecule has 1 aliphatic rings. The minimum absolute atomic E-state index is 0.0376. The first-order valence-corrected chi connectivity index (χ1v) is 8.34. The van der Waals surface area contributed by atoms with Gasteiger partial charge >= 0.3 is 0 Å². The van der Waals surface area contributed by atoms with Gasteiger partial charge in [0.25, 0.3) is 0 Å². The van der Waals surface area contributed by atoms with E-state index in [-0.39, 0.29) is 11.2 Å². The Balaban J connectivity index is 1.95. The molecule has 2 heterocycles. The first-order chi connectivity index (χ1) is 11.1. The van der Waals surface area contributed by atoms with Gasteiger partial charge in [-0.05, 0) is 41.4 Å². The number of ether oxygens (including phenoxy) is 2. The lowest BCUT2D eigenvalue weighted by Crippen LogP contribution is -2.31. The fourth-order valence-corrected chi connectivity index (χ4v) is 3.51. The zero-order valence-electron chi connectivity index (χ0n) is 12.9. The van der Waals surface area contributed by atoms with E-state index in [4.69, 9.17) is 27.4 Å². The molecule has 1 aromatic carbocycles. The molecule has 0 amide bonds. The zero-order valence-corrected chi connectivity index (χ0v) is 14.5. The molecule has 120 valence electrons. The summed E-state index contributed by atoms with van der Waals surface area (Å²) in [6.45, 7) is 0. The maximum atomic E-state index is 5.87. The van der Waals surface area contributed by atoms with Crippen LogP contribution in [0.1, 0.15) is 22.9 Å². The first-order valence-electron chi connectivity index (χ1n) is 7.06. The van der Waals surface area contributed by atoms with Crippen LogP contribution in [0.5, 0.6) is 11.5 Å². The average Bonchev–Trinajstić information content (AvgIpc) is 3.23. The molecule has 23 heavy (non-hydrogen) atoms. The minimum atomic E-state index is -0.0376. The average molecular weight is 347 g/mol. The van der Waals surface area contributed by atoms with Gasteiger partial charge in [0, 0.05) is 6.42 Å². The minimum Gasteiger partial charge on any atom is -0.493 e. The van der Waals surface area contributed by atoms with Gasteiger partial charge < -0.3 is 15.2 Å².